The number of aliphatic imine (C=N–C) groups is 1. The highest BCUT2D eigenvalue weighted by molar-refractivity contribution is 5.80. The van der Waals surface area contributed by atoms with Crippen LogP contribution in [0.2, 0.25) is 0 Å². The lowest BCUT2D eigenvalue weighted by atomic mass is 10.1. The lowest BCUT2D eigenvalue weighted by molar-refractivity contribution is -0.128. The number of hydrogen-bond acceptors (Lipinski definition) is 2. The summed E-state index contributed by atoms with van der Waals surface area (Å²) in [6.45, 7) is 5.22. The molecule has 0 unspecified atom stereocenters. The first-order chi connectivity index (χ1) is 13.7. The minimum atomic E-state index is -0.254. The van der Waals surface area contributed by atoms with Crippen molar-refractivity contribution in [2.75, 3.05) is 13.1 Å². The molecule has 0 bridgehead atoms. The van der Waals surface area contributed by atoms with Gasteiger partial charge in [-0.25, -0.2) is 9.38 Å². The van der Waals surface area contributed by atoms with Crippen LogP contribution in [0.15, 0.2) is 53.5 Å². The average molecular weight is 382 g/mol. The molecule has 0 saturated carbocycles. The topological polar surface area (TPSA) is 56.7 Å². The fourth-order valence-corrected chi connectivity index (χ4v) is 3.29. The third-order valence-corrected chi connectivity index (χ3v) is 4.75. The van der Waals surface area contributed by atoms with Crippen molar-refractivity contribution in [3.63, 3.8) is 0 Å². The van der Waals surface area contributed by atoms with Gasteiger partial charge in [-0.15, -0.1) is 0 Å². The summed E-state index contributed by atoms with van der Waals surface area (Å²) in [5.41, 5.74) is 3.11. The summed E-state index contributed by atoms with van der Waals surface area (Å²) in [6, 6.07) is 14.6. The second-order valence-electron chi connectivity index (χ2n) is 6.87. The van der Waals surface area contributed by atoms with Crippen LogP contribution >= 0.6 is 0 Å². The molecule has 0 radical (unpaired) electrons. The monoisotopic (exact) mass is 382 g/mol. The Kier molecular flexibility index (Phi) is 7.00. The zero-order chi connectivity index (χ0) is 19.8. The fraction of sp³-hybridized carbons (Fsp3) is 0.364. The SMILES string of the molecule is CCNC(=NCc1cccc(F)c1)NCc1ccccc1CN1CCCC1=O. The zero-order valence-corrected chi connectivity index (χ0v) is 16.2. The number of rotatable bonds is 7. The molecular formula is C22H27FN4O. The van der Waals surface area contributed by atoms with E-state index in [4.69, 9.17) is 0 Å². The number of halogens is 1. The number of nitrogens with one attached hydrogen (secondary N) is 2. The van der Waals surface area contributed by atoms with Gasteiger partial charge >= 0.3 is 0 Å². The number of likely N-dealkylation sites (tertiary alicyclic amines) is 1. The predicted molar refractivity (Wildman–Crippen MR) is 109 cm³/mol. The molecule has 1 saturated heterocycles. The van der Waals surface area contributed by atoms with E-state index in [9.17, 15) is 9.18 Å². The highest BCUT2D eigenvalue weighted by Crippen LogP contribution is 2.17. The summed E-state index contributed by atoms with van der Waals surface area (Å²) in [5.74, 6) is 0.655. The first kappa shape index (κ1) is 19.9. The Morgan fingerprint density at radius 1 is 1.14 bits per heavy atom. The molecule has 2 N–H and O–H groups in total. The van der Waals surface area contributed by atoms with Gasteiger partial charge < -0.3 is 15.5 Å². The first-order valence-corrected chi connectivity index (χ1v) is 9.77. The quantitative estimate of drug-likeness (QED) is 0.571. The first-order valence-electron chi connectivity index (χ1n) is 9.77. The van der Waals surface area contributed by atoms with Crippen molar-refractivity contribution in [3.8, 4) is 0 Å². The second kappa shape index (κ2) is 9.88. The highest BCUT2D eigenvalue weighted by Gasteiger charge is 2.20. The van der Waals surface area contributed by atoms with Gasteiger partial charge in [0.1, 0.15) is 5.82 Å². The summed E-state index contributed by atoms with van der Waals surface area (Å²) in [5, 5.41) is 6.56. The van der Waals surface area contributed by atoms with Gasteiger partial charge in [-0.2, -0.15) is 0 Å². The largest absolute Gasteiger partial charge is 0.357 e. The third kappa shape index (κ3) is 5.55. The van der Waals surface area contributed by atoms with Crippen LogP contribution in [0.25, 0.3) is 0 Å². The molecule has 1 heterocycles. The number of benzene rings is 2. The van der Waals surface area contributed by atoms with Gasteiger partial charge in [-0.05, 0) is 42.2 Å². The van der Waals surface area contributed by atoms with Crippen LogP contribution < -0.4 is 10.6 Å². The van der Waals surface area contributed by atoms with Crippen molar-refractivity contribution in [1.82, 2.24) is 15.5 Å². The minimum Gasteiger partial charge on any atom is -0.357 e. The smallest absolute Gasteiger partial charge is 0.222 e. The van der Waals surface area contributed by atoms with E-state index in [1.165, 1.54) is 12.1 Å². The molecule has 28 heavy (non-hydrogen) atoms. The molecule has 1 fully saturated rings. The van der Waals surface area contributed by atoms with Crippen molar-refractivity contribution in [2.45, 2.75) is 39.4 Å². The lowest BCUT2D eigenvalue weighted by Crippen LogP contribution is -2.37. The van der Waals surface area contributed by atoms with E-state index in [-0.39, 0.29) is 11.7 Å². The highest BCUT2D eigenvalue weighted by atomic mass is 19.1. The minimum absolute atomic E-state index is 0.229. The summed E-state index contributed by atoms with van der Waals surface area (Å²) in [4.78, 5) is 18.4. The summed E-state index contributed by atoms with van der Waals surface area (Å²) in [7, 11) is 0. The Bertz CT molecular complexity index is 837. The Morgan fingerprint density at radius 2 is 1.96 bits per heavy atom. The maximum atomic E-state index is 13.3. The molecule has 0 spiro atoms. The molecule has 148 valence electrons. The van der Waals surface area contributed by atoms with Gasteiger partial charge in [0, 0.05) is 32.6 Å². The number of carbonyl (C=O) groups excluding carboxylic acids is 1. The molecule has 0 aromatic heterocycles. The Hall–Kier alpha value is -2.89. The molecule has 2 aromatic rings. The molecule has 3 rings (SSSR count). The van der Waals surface area contributed by atoms with Crippen molar-refractivity contribution < 1.29 is 9.18 Å². The molecule has 1 aliphatic heterocycles. The van der Waals surface area contributed by atoms with E-state index in [2.05, 4.69) is 27.8 Å². The Labute approximate surface area is 165 Å². The molecule has 0 aliphatic carbocycles. The fourth-order valence-electron chi connectivity index (χ4n) is 3.29. The van der Waals surface area contributed by atoms with Crippen LogP contribution in [0.1, 0.15) is 36.5 Å². The van der Waals surface area contributed by atoms with Crippen molar-refractivity contribution in [1.29, 1.82) is 0 Å². The normalized spacial score (nSPS) is 14.4. The van der Waals surface area contributed by atoms with Gasteiger partial charge in [0.2, 0.25) is 5.91 Å². The number of nitrogens with zero attached hydrogens (tertiary/aromatic N) is 2. The number of carbonyl (C=O) groups is 1. The van der Waals surface area contributed by atoms with E-state index in [0.717, 1.165) is 36.2 Å². The summed E-state index contributed by atoms with van der Waals surface area (Å²) < 4.78 is 13.3. The maximum Gasteiger partial charge on any atom is 0.222 e. The predicted octanol–water partition coefficient (Wildman–Crippen LogP) is 3.20. The summed E-state index contributed by atoms with van der Waals surface area (Å²) >= 11 is 0. The molecule has 2 aromatic carbocycles. The van der Waals surface area contributed by atoms with Crippen LogP contribution in [-0.4, -0.2) is 29.9 Å². The third-order valence-electron chi connectivity index (χ3n) is 4.75. The van der Waals surface area contributed by atoms with Crippen LogP contribution in [0.4, 0.5) is 4.39 Å². The van der Waals surface area contributed by atoms with Crippen LogP contribution in [0.5, 0.6) is 0 Å². The van der Waals surface area contributed by atoms with Gasteiger partial charge in [-0.3, -0.25) is 4.79 Å². The lowest BCUT2D eigenvalue weighted by Gasteiger charge is -2.19. The van der Waals surface area contributed by atoms with Crippen LogP contribution in [0, 0.1) is 5.82 Å². The number of hydrogen-bond donors (Lipinski definition) is 2. The van der Waals surface area contributed by atoms with E-state index in [1.54, 1.807) is 6.07 Å². The van der Waals surface area contributed by atoms with E-state index in [0.29, 0.717) is 32.0 Å². The van der Waals surface area contributed by atoms with E-state index >= 15 is 0 Å². The molecule has 6 heteroatoms. The Balaban J connectivity index is 1.64. The summed E-state index contributed by atoms with van der Waals surface area (Å²) in [6.07, 6.45) is 1.59. The maximum absolute atomic E-state index is 13.3. The van der Waals surface area contributed by atoms with Gasteiger partial charge in [-0.1, -0.05) is 36.4 Å². The van der Waals surface area contributed by atoms with Crippen LogP contribution in [-0.2, 0) is 24.4 Å². The number of guanidine groups is 1. The van der Waals surface area contributed by atoms with Crippen molar-refractivity contribution in [2.24, 2.45) is 4.99 Å². The molecule has 1 amide bonds. The molecule has 0 atom stereocenters. The van der Waals surface area contributed by atoms with Crippen molar-refractivity contribution >= 4 is 11.9 Å². The zero-order valence-electron chi connectivity index (χ0n) is 16.2. The molecule has 5 nitrogen and oxygen atoms in total. The van der Waals surface area contributed by atoms with Crippen molar-refractivity contribution in [3.05, 3.63) is 71.0 Å². The van der Waals surface area contributed by atoms with Gasteiger partial charge in [0.25, 0.3) is 0 Å². The average Bonchev–Trinajstić information content (AvgIpc) is 3.10. The van der Waals surface area contributed by atoms with E-state index < -0.39 is 0 Å². The molecular weight excluding hydrogens is 355 g/mol. The standard InChI is InChI=1S/C22H27FN4O/c1-2-24-22(25-14-17-7-5-10-20(23)13-17)26-15-18-8-3-4-9-19(18)16-27-12-6-11-21(27)28/h3-5,7-10,13H,2,6,11-12,14-16H2,1H3,(H2,24,25,26). The second-order valence-corrected chi connectivity index (χ2v) is 6.87. The van der Waals surface area contributed by atoms with Gasteiger partial charge in [0.15, 0.2) is 5.96 Å². The van der Waals surface area contributed by atoms with Crippen LogP contribution in [0.3, 0.4) is 0 Å². The van der Waals surface area contributed by atoms with Gasteiger partial charge in [0.05, 0.1) is 6.54 Å². The Morgan fingerprint density at radius 3 is 2.68 bits per heavy atom. The van der Waals surface area contributed by atoms with E-state index in [1.807, 2.05) is 30.0 Å². The molecule has 1 aliphatic rings. The number of amides is 1.